The third-order valence-corrected chi connectivity index (χ3v) is 3.94. The van der Waals surface area contributed by atoms with Gasteiger partial charge in [0.2, 0.25) is 5.90 Å². The van der Waals surface area contributed by atoms with E-state index >= 15 is 0 Å². The van der Waals surface area contributed by atoms with E-state index in [9.17, 15) is 8.78 Å². The Hall–Kier alpha value is -2.11. The highest BCUT2D eigenvalue weighted by Gasteiger charge is 2.38. The van der Waals surface area contributed by atoms with Gasteiger partial charge < -0.3 is 14.5 Å². The number of hydrogen-bond acceptors (Lipinski definition) is 4. The van der Waals surface area contributed by atoms with Crippen molar-refractivity contribution < 1.29 is 16.3 Å². The van der Waals surface area contributed by atoms with Crippen LogP contribution in [0.25, 0.3) is 0 Å². The molecule has 2 aliphatic heterocycles. The molecule has 1 fully saturated rings. The summed E-state index contributed by atoms with van der Waals surface area (Å²) in [5.74, 6) is -0.735. The number of nitrogens with zero attached hydrogens (tertiary/aromatic N) is 3. The molecule has 0 amide bonds. The number of benzene rings is 1. The largest absolute Gasteiger partial charge is 0.473 e. The van der Waals surface area contributed by atoms with Crippen molar-refractivity contribution in [3.05, 3.63) is 47.3 Å². The van der Waals surface area contributed by atoms with E-state index in [2.05, 4.69) is 28.6 Å². The van der Waals surface area contributed by atoms with Gasteiger partial charge in [0.1, 0.15) is 30.7 Å². The van der Waals surface area contributed by atoms with E-state index in [4.69, 9.17) is 7.48 Å². The highest BCUT2D eigenvalue weighted by Crippen LogP contribution is 2.31. The van der Waals surface area contributed by atoms with E-state index in [1.54, 1.807) is 6.08 Å². The fourth-order valence-corrected chi connectivity index (χ4v) is 2.58. The molecular weight excluding hydrogens is 288 g/mol. The fourth-order valence-electron chi connectivity index (χ4n) is 2.58. The molecule has 0 N–H and O–H groups in total. The summed E-state index contributed by atoms with van der Waals surface area (Å²) < 4.78 is 48.0. The van der Waals surface area contributed by atoms with E-state index in [-0.39, 0.29) is 17.0 Å². The van der Waals surface area contributed by atoms with E-state index in [0.717, 1.165) is 24.5 Å². The molecule has 0 spiro atoms. The van der Waals surface area contributed by atoms with Crippen LogP contribution in [-0.4, -0.2) is 41.5 Å². The fraction of sp³-hybridized carbons (Fsp3) is 0.438. The Bertz CT molecular complexity index is 714. The zero-order valence-corrected chi connectivity index (χ0v) is 12.7. The number of rotatable bonds is 2. The normalized spacial score (nSPS) is 21.7. The van der Waals surface area contributed by atoms with Crippen LogP contribution in [0.5, 0.6) is 0 Å². The number of likely N-dealkylation sites (N-methyl/N-ethyl adjacent to an activating group) is 1. The second kappa shape index (κ2) is 5.26. The molecule has 0 saturated carbocycles. The standard InChI is InChI=1S/C16H19F2N3O/c1-16(2)9-21-10-19-14(7-15(21)20(16)3)22-8-11-4-12(17)6-13(18)5-11/h4-7H,8-10H2,1-3H3/i8D2. The van der Waals surface area contributed by atoms with E-state index in [1.165, 1.54) is 0 Å². The lowest BCUT2D eigenvalue weighted by atomic mass is 10.1. The molecule has 1 saturated heterocycles. The first-order chi connectivity index (χ1) is 11.1. The molecule has 1 aromatic carbocycles. The third kappa shape index (κ3) is 2.77. The number of aliphatic imine (C=N–C) groups is 1. The van der Waals surface area contributed by atoms with Gasteiger partial charge in [-0.3, -0.25) is 0 Å². The average molecular weight is 309 g/mol. The van der Waals surface area contributed by atoms with Crippen LogP contribution in [0.1, 0.15) is 22.2 Å². The Labute approximate surface area is 131 Å². The molecule has 3 rings (SSSR count). The van der Waals surface area contributed by atoms with Crippen molar-refractivity contribution in [3.8, 4) is 0 Å². The molecule has 0 bridgehead atoms. The van der Waals surface area contributed by atoms with Gasteiger partial charge in [-0.25, -0.2) is 13.8 Å². The van der Waals surface area contributed by atoms with Crippen molar-refractivity contribution in [2.75, 3.05) is 20.3 Å². The van der Waals surface area contributed by atoms with Crippen LogP contribution in [0.3, 0.4) is 0 Å². The van der Waals surface area contributed by atoms with Crippen molar-refractivity contribution in [2.24, 2.45) is 4.99 Å². The summed E-state index contributed by atoms with van der Waals surface area (Å²) in [5, 5.41) is 0. The lowest BCUT2D eigenvalue weighted by Crippen LogP contribution is -2.36. The van der Waals surface area contributed by atoms with E-state index < -0.39 is 18.2 Å². The Kier molecular flexibility index (Phi) is 2.98. The SMILES string of the molecule is [2H]C([2H])(OC1=NCN2CC(C)(C)N(C)C2=C1)c1cc(F)cc(F)c1. The first kappa shape index (κ1) is 12.4. The van der Waals surface area contributed by atoms with E-state index in [0.29, 0.717) is 12.7 Å². The number of halogens is 2. The van der Waals surface area contributed by atoms with Crippen molar-refractivity contribution in [2.45, 2.75) is 25.9 Å². The topological polar surface area (TPSA) is 28.1 Å². The molecule has 0 aliphatic carbocycles. The molecule has 2 aliphatic rings. The maximum Gasteiger partial charge on any atom is 0.214 e. The maximum absolute atomic E-state index is 13.3. The minimum Gasteiger partial charge on any atom is -0.473 e. The molecule has 0 unspecified atom stereocenters. The minimum absolute atomic E-state index is 0.0679. The predicted molar refractivity (Wildman–Crippen MR) is 80.1 cm³/mol. The summed E-state index contributed by atoms with van der Waals surface area (Å²) >= 11 is 0. The van der Waals surface area contributed by atoms with Crippen molar-refractivity contribution in [1.29, 1.82) is 0 Å². The quantitative estimate of drug-likeness (QED) is 0.841. The highest BCUT2D eigenvalue weighted by atomic mass is 19.1. The average Bonchev–Trinajstić information content (AvgIpc) is 2.68. The zero-order valence-electron chi connectivity index (χ0n) is 14.7. The molecular formula is C16H19F2N3O. The Morgan fingerprint density at radius 2 is 2.00 bits per heavy atom. The summed E-state index contributed by atoms with van der Waals surface area (Å²) in [6.45, 7) is 2.95. The van der Waals surface area contributed by atoms with Crippen LogP contribution in [0, 0.1) is 11.6 Å². The number of ether oxygens (including phenoxy) is 1. The second-order valence-electron chi connectivity index (χ2n) is 6.07. The summed E-state index contributed by atoms with van der Waals surface area (Å²) in [6.07, 6.45) is 1.64. The summed E-state index contributed by atoms with van der Waals surface area (Å²) in [7, 11) is 1.95. The van der Waals surface area contributed by atoms with Gasteiger partial charge in [-0.15, -0.1) is 0 Å². The van der Waals surface area contributed by atoms with Gasteiger partial charge in [0.15, 0.2) is 0 Å². The van der Waals surface area contributed by atoms with Crippen LogP contribution in [0.15, 0.2) is 35.1 Å². The number of hydrogen-bond donors (Lipinski definition) is 0. The van der Waals surface area contributed by atoms with Crippen molar-refractivity contribution in [1.82, 2.24) is 9.80 Å². The monoisotopic (exact) mass is 309 g/mol. The van der Waals surface area contributed by atoms with Crippen LogP contribution >= 0.6 is 0 Å². The highest BCUT2D eigenvalue weighted by molar-refractivity contribution is 5.89. The lowest BCUT2D eigenvalue weighted by Gasteiger charge is -2.28. The Morgan fingerprint density at radius 3 is 2.68 bits per heavy atom. The van der Waals surface area contributed by atoms with Crippen LogP contribution < -0.4 is 0 Å². The van der Waals surface area contributed by atoms with Crippen molar-refractivity contribution >= 4 is 5.90 Å². The van der Waals surface area contributed by atoms with Gasteiger partial charge >= 0.3 is 0 Å². The Morgan fingerprint density at radius 1 is 1.32 bits per heavy atom. The molecule has 0 radical (unpaired) electrons. The van der Waals surface area contributed by atoms with Gasteiger partial charge in [0.25, 0.3) is 0 Å². The van der Waals surface area contributed by atoms with Crippen LogP contribution in [0.4, 0.5) is 8.78 Å². The second-order valence-corrected chi connectivity index (χ2v) is 6.07. The summed E-state index contributed by atoms with van der Waals surface area (Å²) in [4.78, 5) is 8.35. The van der Waals surface area contributed by atoms with Crippen LogP contribution in [-0.2, 0) is 11.3 Å². The van der Waals surface area contributed by atoms with Gasteiger partial charge in [-0.2, -0.15) is 0 Å². The lowest BCUT2D eigenvalue weighted by molar-refractivity contribution is 0.261. The first-order valence-electron chi connectivity index (χ1n) is 7.99. The molecule has 0 aromatic heterocycles. The molecule has 4 nitrogen and oxygen atoms in total. The summed E-state index contributed by atoms with van der Waals surface area (Å²) in [5.41, 5.74) is -0.301. The first-order valence-corrected chi connectivity index (χ1v) is 6.99. The molecule has 22 heavy (non-hydrogen) atoms. The molecule has 2 heterocycles. The van der Waals surface area contributed by atoms with Crippen molar-refractivity contribution in [3.63, 3.8) is 0 Å². The predicted octanol–water partition coefficient (Wildman–Crippen LogP) is 2.72. The number of fused-ring (bicyclic) bond motifs is 1. The van der Waals surface area contributed by atoms with E-state index in [1.807, 2.05) is 7.05 Å². The zero-order chi connectivity index (χ0) is 17.7. The summed E-state index contributed by atoms with van der Waals surface area (Å²) in [6, 6.07) is 2.51. The van der Waals surface area contributed by atoms with Gasteiger partial charge in [-0.1, -0.05) is 0 Å². The molecule has 1 aromatic rings. The molecule has 6 heteroatoms. The van der Waals surface area contributed by atoms with Gasteiger partial charge in [-0.05, 0) is 31.5 Å². The van der Waals surface area contributed by atoms with Crippen LogP contribution in [0.2, 0.25) is 0 Å². The smallest absolute Gasteiger partial charge is 0.214 e. The molecule has 118 valence electrons. The van der Waals surface area contributed by atoms with Gasteiger partial charge in [0.05, 0.1) is 8.28 Å². The van der Waals surface area contributed by atoms with Gasteiger partial charge in [0, 0.05) is 25.7 Å². The minimum atomic E-state index is -2.40. The molecule has 0 atom stereocenters. The maximum atomic E-state index is 13.3. The third-order valence-electron chi connectivity index (χ3n) is 3.94. The Balaban J connectivity index is 1.83.